The van der Waals surface area contributed by atoms with Crippen LogP contribution in [0.25, 0.3) is 0 Å². The quantitative estimate of drug-likeness (QED) is 0.831. The molecular weight excluding hydrogens is 254 g/mol. The number of hydrogen-bond donors (Lipinski definition) is 1. The normalized spacial score (nSPS) is 19.9. The van der Waals surface area contributed by atoms with Gasteiger partial charge in [0.2, 0.25) is 5.91 Å². The number of carbonyl (C=O) groups is 1. The maximum absolute atomic E-state index is 12.4. The standard InChI is InChI=1S/C15H21N3O2/c1-12(13-9-16-10-13)15(19)18-6-4-17(5-7-18)11-14-3-2-8-20-14/h2-3,8,16H,4-7,9-11H2,1H3. The molecule has 0 aromatic carbocycles. The lowest BCUT2D eigenvalue weighted by Gasteiger charge is -2.35. The Balaban J connectivity index is 1.52. The van der Waals surface area contributed by atoms with Gasteiger partial charge in [-0.1, -0.05) is 0 Å². The van der Waals surface area contributed by atoms with Crippen molar-refractivity contribution in [3.05, 3.63) is 35.3 Å². The van der Waals surface area contributed by atoms with Crippen LogP contribution in [0.15, 0.2) is 34.0 Å². The fourth-order valence-electron chi connectivity index (χ4n) is 2.64. The molecule has 2 saturated heterocycles. The average molecular weight is 275 g/mol. The number of piperazine rings is 1. The fourth-order valence-corrected chi connectivity index (χ4v) is 2.64. The van der Waals surface area contributed by atoms with Crippen molar-refractivity contribution in [3.63, 3.8) is 0 Å². The van der Waals surface area contributed by atoms with Crippen molar-refractivity contribution in [1.82, 2.24) is 15.1 Å². The van der Waals surface area contributed by atoms with Crippen molar-refractivity contribution < 1.29 is 9.21 Å². The van der Waals surface area contributed by atoms with E-state index in [-0.39, 0.29) is 5.91 Å². The van der Waals surface area contributed by atoms with Crippen LogP contribution < -0.4 is 5.32 Å². The maximum atomic E-state index is 12.4. The first-order valence-electron chi connectivity index (χ1n) is 7.17. The van der Waals surface area contributed by atoms with Crippen molar-refractivity contribution in [2.45, 2.75) is 13.5 Å². The van der Waals surface area contributed by atoms with Gasteiger partial charge in [0.25, 0.3) is 0 Å². The summed E-state index contributed by atoms with van der Waals surface area (Å²) in [5, 5.41) is 3.18. The van der Waals surface area contributed by atoms with E-state index in [0.29, 0.717) is 0 Å². The van der Waals surface area contributed by atoms with Gasteiger partial charge in [-0.15, -0.1) is 0 Å². The highest BCUT2D eigenvalue weighted by Gasteiger charge is 2.25. The summed E-state index contributed by atoms with van der Waals surface area (Å²) in [5.74, 6) is 1.20. The SMILES string of the molecule is CC(C(=O)N1CCN(Cc2ccco2)CC1)=C1CNC1. The zero-order valence-corrected chi connectivity index (χ0v) is 11.9. The third-order valence-corrected chi connectivity index (χ3v) is 4.15. The van der Waals surface area contributed by atoms with Crippen molar-refractivity contribution in [1.29, 1.82) is 0 Å². The van der Waals surface area contributed by atoms with Gasteiger partial charge in [-0.2, -0.15) is 0 Å². The number of carbonyl (C=O) groups excluding carboxylic acids is 1. The zero-order valence-electron chi connectivity index (χ0n) is 11.9. The Morgan fingerprint density at radius 1 is 1.30 bits per heavy atom. The minimum atomic E-state index is 0.208. The molecule has 2 aliphatic heterocycles. The van der Waals surface area contributed by atoms with E-state index in [1.807, 2.05) is 24.0 Å². The Morgan fingerprint density at radius 3 is 2.60 bits per heavy atom. The predicted molar refractivity (Wildman–Crippen MR) is 76.1 cm³/mol. The summed E-state index contributed by atoms with van der Waals surface area (Å²) in [5.41, 5.74) is 2.19. The summed E-state index contributed by atoms with van der Waals surface area (Å²) in [4.78, 5) is 16.7. The summed E-state index contributed by atoms with van der Waals surface area (Å²) in [7, 11) is 0. The second-order valence-corrected chi connectivity index (χ2v) is 5.48. The smallest absolute Gasteiger partial charge is 0.249 e. The molecule has 20 heavy (non-hydrogen) atoms. The molecule has 0 saturated carbocycles. The largest absolute Gasteiger partial charge is 0.468 e. The van der Waals surface area contributed by atoms with Gasteiger partial charge in [0.05, 0.1) is 12.8 Å². The highest BCUT2D eigenvalue weighted by atomic mass is 16.3. The number of nitrogens with zero attached hydrogens (tertiary/aromatic N) is 2. The lowest BCUT2D eigenvalue weighted by Crippen LogP contribution is -2.49. The Hall–Kier alpha value is -1.59. The first-order chi connectivity index (χ1) is 9.74. The molecule has 1 amide bonds. The molecule has 0 unspecified atom stereocenters. The molecule has 0 spiro atoms. The van der Waals surface area contributed by atoms with E-state index in [0.717, 1.165) is 57.1 Å². The van der Waals surface area contributed by atoms with E-state index in [4.69, 9.17) is 4.42 Å². The van der Waals surface area contributed by atoms with Crippen LogP contribution in [0.4, 0.5) is 0 Å². The van der Waals surface area contributed by atoms with Gasteiger partial charge in [-0.05, 0) is 24.6 Å². The van der Waals surface area contributed by atoms with E-state index in [9.17, 15) is 4.79 Å². The second-order valence-electron chi connectivity index (χ2n) is 5.48. The summed E-state index contributed by atoms with van der Waals surface area (Å²) in [6, 6.07) is 3.91. The molecule has 0 radical (unpaired) electrons. The maximum Gasteiger partial charge on any atom is 0.249 e. The molecule has 3 rings (SSSR count). The number of furan rings is 1. The molecule has 0 bridgehead atoms. The lowest BCUT2D eigenvalue weighted by molar-refractivity contribution is -0.129. The molecule has 5 heteroatoms. The van der Waals surface area contributed by atoms with Gasteiger partial charge in [0.1, 0.15) is 5.76 Å². The van der Waals surface area contributed by atoms with Crippen molar-refractivity contribution in [2.24, 2.45) is 0 Å². The van der Waals surface area contributed by atoms with Crippen molar-refractivity contribution in [2.75, 3.05) is 39.3 Å². The molecule has 0 aliphatic carbocycles. The third kappa shape index (κ3) is 2.78. The van der Waals surface area contributed by atoms with E-state index in [1.54, 1.807) is 6.26 Å². The van der Waals surface area contributed by atoms with Crippen LogP contribution in [-0.4, -0.2) is 55.0 Å². The van der Waals surface area contributed by atoms with Gasteiger partial charge in [-0.25, -0.2) is 0 Å². The first kappa shape index (κ1) is 13.4. The van der Waals surface area contributed by atoms with Crippen LogP contribution in [0.2, 0.25) is 0 Å². The minimum Gasteiger partial charge on any atom is -0.468 e. The second kappa shape index (κ2) is 5.81. The van der Waals surface area contributed by atoms with E-state index < -0.39 is 0 Å². The number of rotatable bonds is 3. The summed E-state index contributed by atoms with van der Waals surface area (Å²) >= 11 is 0. The summed E-state index contributed by atoms with van der Waals surface area (Å²) in [6.45, 7) is 7.95. The topological polar surface area (TPSA) is 48.7 Å². The fraction of sp³-hybridized carbons (Fsp3) is 0.533. The zero-order chi connectivity index (χ0) is 13.9. The van der Waals surface area contributed by atoms with Gasteiger partial charge in [0.15, 0.2) is 0 Å². The lowest BCUT2D eigenvalue weighted by atomic mass is 10.0. The van der Waals surface area contributed by atoms with Crippen LogP contribution >= 0.6 is 0 Å². The highest BCUT2D eigenvalue weighted by Crippen LogP contribution is 2.14. The van der Waals surface area contributed by atoms with Crippen molar-refractivity contribution >= 4 is 5.91 Å². The van der Waals surface area contributed by atoms with Gasteiger partial charge in [0, 0.05) is 44.8 Å². The predicted octanol–water partition coefficient (Wildman–Crippen LogP) is 0.844. The van der Waals surface area contributed by atoms with Crippen molar-refractivity contribution in [3.8, 4) is 0 Å². The van der Waals surface area contributed by atoms with E-state index >= 15 is 0 Å². The van der Waals surface area contributed by atoms with Gasteiger partial charge < -0.3 is 14.6 Å². The monoisotopic (exact) mass is 275 g/mol. The van der Waals surface area contributed by atoms with Crippen LogP contribution in [0.5, 0.6) is 0 Å². The number of nitrogens with one attached hydrogen (secondary N) is 1. The van der Waals surface area contributed by atoms with Gasteiger partial charge in [-0.3, -0.25) is 9.69 Å². The van der Waals surface area contributed by atoms with Gasteiger partial charge >= 0.3 is 0 Å². The molecule has 2 aliphatic rings. The van der Waals surface area contributed by atoms with E-state index in [1.165, 1.54) is 5.57 Å². The molecule has 108 valence electrons. The molecular formula is C15H21N3O2. The van der Waals surface area contributed by atoms with Crippen LogP contribution in [0, 0.1) is 0 Å². The van der Waals surface area contributed by atoms with Crippen LogP contribution in [-0.2, 0) is 11.3 Å². The Bertz CT molecular complexity index is 493. The average Bonchev–Trinajstić information content (AvgIpc) is 2.89. The number of hydrogen-bond acceptors (Lipinski definition) is 4. The molecule has 0 atom stereocenters. The summed E-state index contributed by atoms with van der Waals surface area (Å²) in [6.07, 6.45) is 1.71. The number of amides is 1. The molecule has 5 nitrogen and oxygen atoms in total. The first-order valence-corrected chi connectivity index (χ1v) is 7.17. The van der Waals surface area contributed by atoms with Crippen LogP contribution in [0.3, 0.4) is 0 Å². The Labute approximate surface area is 119 Å². The molecule has 2 fully saturated rings. The molecule has 3 heterocycles. The molecule has 1 aromatic heterocycles. The highest BCUT2D eigenvalue weighted by molar-refractivity contribution is 5.94. The van der Waals surface area contributed by atoms with Crippen LogP contribution in [0.1, 0.15) is 12.7 Å². The minimum absolute atomic E-state index is 0.208. The Morgan fingerprint density at radius 2 is 2.05 bits per heavy atom. The Kier molecular flexibility index (Phi) is 3.89. The summed E-state index contributed by atoms with van der Waals surface area (Å²) < 4.78 is 5.37. The third-order valence-electron chi connectivity index (χ3n) is 4.15. The van der Waals surface area contributed by atoms with E-state index in [2.05, 4.69) is 10.2 Å². The molecule has 1 aromatic rings. The molecule has 1 N–H and O–H groups in total.